The molecule has 200 valence electrons. The van der Waals surface area contributed by atoms with Crippen LogP contribution in [0.3, 0.4) is 0 Å². The van der Waals surface area contributed by atoms with Gasteiger partial charge in [-0.25, -0.2) is 9.83 Å². The summed E-state index contributed by atoms with van der Waals surface area (Å²) >= 11 is 0. The summed E-state index contributed by atoms with van der Waals surface area (Å²) in [6, 6.07) is 16.7. The molecule has 0 spiro atoms. The second kappa shape index (κ2) is 10.5. The van der Waals surface area contributed by atoms with Crippen molar-refractivity contribution < 1.29 is 17.9 Å². The Morgan fingerprint density at radius 3 is 2.55 bits per heavy atom. The fourth-order valence-electron chi connectivity index (χ4n) is 4.47. The molecule has 8 nitrogen and oxygen atoms in total. The molecule has 0 aliphatic carbocycles. The molecule has 2 aromatic carbocycles. The first-order valence-electron chi connectivity index (χ1n) is 12.1. The SMILES string of the molecule is [C-]#[N+]c1cnc(C)nc1N[C@@H](C)c1cc2cccc(-c3cncc(OC(F)(F)F)c3)c2c(=O)n1-c1ccccc1. The van der Waals surface area contributed by atoms with E-state index in [1.807, 2.05) is 19.1 Å². The highest BCUT2D eigenvalue weighted by molar-refractivity contribution is 5.96. The molecule has 5 rings (SSSR count). The lowest BCUT2D eigenvalue weighted by Crippen LogP contribution is -2.26. The first-order valence-corrected chi connectivity index (χ1v) is 12.1. The molecule has 5 aromatic rings. The number of ether oxygens (including phenoxy) is 1. The van der Waals surface area contributed by atoms with Crippen LogP contribution in [0.2, 0.25) is 0 Å². The predicted octanol–water partition coefficient (Wildman–Crippen LogP) is 6.77. The van der Waals surface area contributed by atoms with Gasteiger partial charge < -0.3 is 10.1 Å². The molecular weight excluding hydrogens is 521 g/mol. The second-order valence-electron chi connectivity index (χ2n) is 8.90. The summed E-state index contributed by atoms with van der Waals surface area (Å²) in [5.41, 5.74) is 1.73. The molecule has 0 saturated heterocycles. The van der Waals surface area contributed by atoms with Gasteiger partial charge >= 0.3 is 6.36 Å². The molecule has 1 N–H and O–H groups in total. The van der Waals surface area contributed by atoms with E-state index in [0.29, 0.717) is 44.9 Å². The van der Waals surface area contributed by atoms with Crippen LogP contribution >= 0.6 is 0 Å². The summed E-state index contributed by atoms with van der Waals surface area (Å²) in [6.07, 6.45) is -1.10. The van der Waals surface area contributed by atoms with Crippen LogP contribution in [-0.2, 0) is 0 Å². The fourth-order valence-corrected chi connectivity index (χ4v) is 4.47. The fraction of sp³-hybridized carbons (Fsp3) is 0.138. The van der Waals surface area contributed by atoms with E-state index < -0.39 is 18.2 Å². The topological polar surface area (TPSA) is 86.3 Å². The van der Waals surface area contributed by atoms with Gasteiger partial charge in [-0.3, -0.25) is 19.3 Å². The Morgan fingerprint density at radius 1 is 1.05 bits per heavy atom. The van der Waals surface area contributed by atoms with Gasteiger partial charge in [0, 0.05) is 29.3 Å². The number of benzene rings is 2. The van der Waals surface area contributed by atoms with Crippen molar-refractivity contribution in [2.24, 2.45) is 0 Å². The van der Waals surface area contributed by atoms with Crippen LogP contribution in [0.5, 0.6) is 5.75 Å². The highest BCUT2D eigenvalue weighted by Crippen LogP contribution is 2.33. The summed E-state index contributed by atoms with van der Waals surface area (Å²) < 4.78 is 44.1. The lowest BCUT2D eigenvalue weighted by atomic mass is 9.98. The van der Waals surface area contributed by atoms with Crippen LogP contribution in [-0.4, -0.2) is 25.9 Å². The van der Waals surface area contributed by atoms with Crippen LogP contribution in [0, 0.1) is 13.5 Å². The summed E-state index contributed by atoms with van der Waals surface area (Å²) in [6.45, 7) is 11.0. The van der Waals surface area contributed by atoms with Gasteiger partial charge in [-0.2, -0.15) is 0 Å². The molecule has 11 heteroatoms. The number of halogens is 3. The van der Waals surface area contributed by atoms with Gasteiger partial charge in [-0.15, -0.1) is 13.2 Å². The lowest BCUT2D eigenvalue weighted by molar-refractivity contribution is -0.274. The van der Waals surface area contributed by atoms with E-state index in [1.165, 1.54) is 18.5 Å². The van der Waals surface area contributed by atoms with Crippen molar-refractivity contribution in [3.05, 3.63) is 113 Å². The average molecular weight is 543 g/mol. The molecule has 0 aliphatic heterocycles. The van der Waals surface area contributed by atoms with Crippen LogP contribution in [0.15, 0.2) is 84.0 Å². The molecule has 0 bridgehead atoms. The van der Waals surface area contributed by atoms with E-state index in [1.54, 1.807) is 54.0 Å². The van der Waals surface area contributed by atoms with E-state index in [2.05, 4.69) is 29.9 Å². The van der Waals surface area contributed by atoms with Crippen molar-refractivity contribution in [2.75, 3.05) is 5.32 Å². The van der Waals surface area contributed by atoms with E-state index in [4.69, 9.17) is 6.57 Å². The third-order valence-electron chi connectivity index (χ3n) is 6.15. The van der Waals surface area contributed by atoms with Crippen LogP contribution in [0.25, 0.3) is 32.4 Å². The zero-order chi connectivity index (χ0) is 28.4. The minimum Gasteiger partial charge on any atom is -0.404 e. The van der Waals surface area contributed by atoms with Crippen molar-refractivity contribution in [3.8, 4) is 22.6 Å². The average Bonchev–Trinajstić information content (AvgIpc) is 2.92. The molecule has 3 heterocycles. The van der Waals surface area contributed by atoms with Gasteiger partial charge in [-0.1, -0.05) is 36.4 Å². The molecule has 0 unspecified atom stereocenters. The monoisotopic (exact) mass is 542 g/mol. The van der Waals surface area contributed by atoms with Gasteiger partial charge in [0.15, 0.2) is 0 Å². The summed E-state index contributed by atoms with van der Waals surface area (Å²) in [4.78, 5) is 30.0. The third kappa shape index (κ3) is 5.33. The van der Waals surface area contributed by atoms with Gasteiger partial charge in [0.1, 0.15) is 17.4 Å². The number of rotatable bonds is 6. The summed E-state index contributed by atoms with van der Waals surface area (Å²) in [7, 11) is 0. The Hall–Kier alpha value is -5.24. The Balaban J connectivity index is 1.71. The van der Waals surface area contributed by atoms with Crippen molar-refractivity contribution in [1.82, 2.24) is 19.5 Å². The standard InChI is InChI=1S/C29H21F3N6O2/c1-17(36-27-24(33-3)16-35-18(2)37-27)25-13-19-8-7-11-23(20-12-22(15-34-14-20)40-29(30,31)32)26(19)28(39)38(25)21-9-5-4-6-10-21/h4-17H,1-2H3,(H,35,36,37)/t17-/m0/s1. The second-order valence-corrected chi connectivity index (χ2v) is 8.90. The number of nitrogens with zero attached hydrogens (tertiary/aromatic N) is 5. The highest BCUT2D eigenvalue weighted by atomic mass is 19.4. The number of para-hydroxylation sites is 1. The maximum absolute atomic E-state index is 14.2. The van der Waals surface area contributed by atoms with Crippen molar-refractivity contribution in [2.45, 2.75) is 26.3 Å². The smallest absolute Gasteiger partial charge is 0.404 e. The molecule has 3 aromatic heterocycles. The zero-order valence-electron chi connectivity index (χ0n) is 21.3. The number of alkyl halides is 3. The van der Waals surface area contributed by atoms with Crippen molar-refractivity contribution in [3.63, 3.8) is 0 Å². The van der Waals surface area contributed by atoms with Crippen molar-refractivity contribution in [1.29, 1.82) is 0 Å². The molecule has 1 atom stereocenters. The van der Waals surface area contributed by atoms with Crippen LogP contribution in [0.4, 0.5) is 24.7 Å². The van der Waals surface area contributed by atoms with E-state index in [9.17, 15) is 18.0 Å². The maximum Gasteiger partial charge on any atom is 0.573 e. The highest BCUT2D eigenvalue weighted by Gasteiger charge is 2.31. The summed E-state index contributed by atoms with van der Waals surface area (Å²) in [5.74, 6) is 0.329. The number of hydrogen-bond acceptors (Lipinski definition) is 6. The number of aryl methyl sites for hydroxylation is 1. The Bertz CT molecular complexity index is 1810. The largest absolute Gasteiger partial charge is 0.573 e. The first-order chi connectivity index (χ1) is 19.1. The Labute approximate surface area is 226 Å². The Morgan fingerprint density at radius 2 is 1.82 bits per heavy atom. The van der Waals surface area contributed by atoms with Gasteiger partial charge in [0.05, 0.1) is 24.2 Å². The molecule has 40 heavy (non-hydrogen) atoms. The molecule has 0 aliphatic rings. The molecular formula is C29H21F3N6O2. The number of anilines is 1. The minimum absolute atomic E-state index is 0.239. The predicted molar refractivity (Wildman–Crippen MR) is 145 cm³/mol. The maximum atomic E-state index is 14.2. The van der Waals surface area contributed by atoms with Gasteiger partial charge in [-0.05, 0) is 49.1 Å². The summed E-state index contributed by atoms with van der Waals surface area (Å²) in [5, 5.41) is 4.11. The lowest BCUT2D eigenvalue weighted by Gasteiger charge is -2.22. The number of hydrogen-bond donors (Lipinski definition) is 1. The van der Waals surface area contributed by atoms with Gasteiger partial charge in [0.25, 0.3) is 5.56 Å². The van der Waals surface area contributed by atoms with E-state index in [-0.39, 0.29) is 11.2 Å². The minimum atomic E-state index is -4.88. The zero-order valence-corrected chi connectivity index (χ0v) is 21.3. The van der Waals surface area contributed by atoms with E-state index in [0.717, 1.165) is 6.20 Å². The first kappa shape index (κ1) is 26.4. The quantitative estimate of drug-likeness (QED) is 0.238. The molecule has 0 amide bonds. The Kier molecular flexibility index (Phi) is 6.92. The number of fused-ring (bicyclic) bond motifs is 1. The van der Waals surface area contributed by atoms with E-state index >= 15 is 0 Å². The molecule has 0 saturated carbocycles. The van der Waals surface area contributed by atoms with Gasteiger partial charge in [0.2, 0.25) is 5.69 Å². The normalized spacial score (nSPS) is 12.1. The molecule has 0 radical (unpaired) electrons. The van der Waals surface area contributed by atoms with Crippen molar-refractivity contribution >= 4 is 22.3 Å². The third-order valence-corrected chi connectivity index (χ3v) is 6.15. The number of aromatic nitrogens is 4. The number of pyridine rings is 2. The number of nitrogens with one attached hydrogen (secondary N) is 1. The van der Waals surface area contributed by atoms with Crippen LogP contribution < -0.4 is 15.6 Å². The molecule has 0 fully saturated rings. The van der Waals surface area contributed by atoms with Crippen LogP contribution in [0.1, 0.15) is 24.5 Å².